The Labute approximate surface area is 108 Å². The Balaban J connectivity index is 1.80. The molecule has 0 radical (unpaired) electrons. The highest BCUT2D eigenvalue weighted by Crippen LogP contribution is 2.26. The van der Waals surface area contributed by atoms with E-state index >= 15 is 0 Å². The minimum absolute atomic E-state index is 0.581. The second-order valence-corrected chi connectivity index (χ2v) is 5.28. The van der Waals surface area contributed by atoms with Gasteiger partial charge in [0, 0.05) is 12.5 Å². The minimum Gasteiger partial charge on any atom is -0.342 e. The molecule has 3 nitrogen and oxygen atoms in total. The third-order valence-corrected chi connectivity index (χ3v) is 3.84. The summed E-state index contributed by atoms with van der Waals surface area (Å²) in [5.41, 5.74) is 2.26. The van der Waals surface area contributed by atoms with Crippen LogP contribution in [-0.2, 0) is 0 Å². The zero-order valence-electron chi connectivity index (χ0n) is 11.0. The van der Waals surface area contributed by atoms with E-state index in [4.69, 9.17) is 4.98 Å². The summed E-state index contributed by atoms with van der Waals surface area (Å²) >= 11 is 0. The van der Waals surface area contributed by atoms with E-state index in [0.717, 1.165) is 12.1 Å². The van der Waals surface area contributed by atoms with Crippen molar-refractivity contribution in [1.82, 2.24) is 14.9 Å². The molecule has 1 aromatic carbocycles. The molecule has 0 amide bonds. The van der Waals surface area contributed by atoms with Crippen LogP contribution in [-0.4, -0.2) is 34.5 Å². The SMILES string of the molecule is CCCN1CCCC(c2nc3ccccc3[nH]2)C1. The Morgan fingerprint density at radius 1 is 1.39 bits per heavy atom. The van der Waals surface area contributed by atoms with Crippen molar-refractivity contribution < 1.29 is 0 Å². The molecule has 0 aliphatic carbocycles. The molecule has 2 heterocycles. The first-order valence-corrected chi connectivity index (χ1v) is 7.04. The molecule has 1 atom stereocenters. The first-order valence-electron chi connectivity index (χ1n) is 7.04. The van der Waals surface area contributed by atoms with Gasteiger partial charge in [-0.2, -0.15) is 0 Å². The summed E-state index contributed by atoms with van der Waals surface area (Å²) < 4.78 is 0. The summed E-state index contributed by atoms with van der Waals surface area (Å²) in [5, 5.41) is 0. The van der Waals surface area contributed by atoms with Crippen molar-refractivity contribution in [2.45, 2.75) is 32.1 Å². The van der Waals surface area contributed by atoms with Gasteiger partial charge in [-0.05, 0) is 44.5 Å². The molecule has 3 heteroatoms. The fraction of sp³-hybridized carbons (Fsp3) is 0.533. The quantitative estimate of drug-likeness (QED) is 0.898. The smallest absolute Gasteiger partial charge is 0.111 e. The third kappa shape index (κ3) is 2.27. The van der Waals surface area contributed by atoms with Crippen LogP contribution in [0.15, 0.2) is 24.3 Å². The number of aromatic amines is 1. The van der Waals surface area contributed by atoms with Crippen LogP contribution in [0, 0.1) is 0 Å². The van der Waals surface area contributed by atoms with Crippen LogP contribution >= 0.6 is 0 Å². The lowest BCUT2D eigenvalue weighted by Crippen LogP contribution is -2.35. The topological polar surface area (TPSA) is 31.9 Å². The molecule has 1 aliphatic rings. The highest BCUT2D eigenvalue weighted by Gasteiger charge is 2.23. The van der Waals surface area contributed by atoms with Gasteiger partial charge in [0.2, 0.25) is 0 Å². The molecule has 0 bridgehead atoms. The van der Waals surface area contributed by atoms with Crippen molar-refractivity contribution in [2.24, 2.45) is 0 Å². The van der Waals surface area contributed by atoms with E-state index in [1.165, 1.54) is 43.7 Å². The third-order valence-electron chi connectivity index (χ3n) is 3.84. The van der Waals surface area contributed by atoms with E-state index in [2.05, 4.69) is 41.1 Å². The van der Waals surface area contributed by atoms with Gasteiger partial charge in [0.1, 0.15) is 5.82 Å². The first kappa shape index (κ1) is 11.7. The Bertz CT molecular complexity index is 482. The largest absolute Gasteiger partial charge is 0.342 e. The Morgan fingerprint density at radius 2 is 2.28 bits per heavy atom. The number of rotatable bonds is 3. The predicted octanol–water partition coefficient (Wildman–Crippen LogP) is 3.15. The summed E-state index contributed by atoms with van der Waals surface area (Å²) in [6, 6.07) is 8.31. The molecule has 96 valence electrons. The molecule has 0 spiro atoms. The van der Waals surface area contributed by atoms with Gasteiger partial charge in [0.15, 0.2) is 0 Å². The van der Waals surface area contributed by atoms with Crippen molar-refractivity contribution in [2.75, 3.05) is 19.6 Å². The van der Waals surface area contributed by atoms with E-state index in [1.54, 1.807) is 0 Å². The lowest BCUT2D eigenvalue weighted by atomic mass is 9.97. The second kappa shape index (κ2) is 5.11. The minimum atomic E-state index is 0.581. The summed E-state index contributed by atoms with van der Waals surface area (Å²) in [6.45, 7) is 5.89. The highest BCUT2D eigenvalue weighted by atomic mass is 15.1. The molecule has 1 unspecified atom stereocenters. The molecule has 1 fully saturated rings. The molecular weight excluding hydrogens is 222 g/mol. The zero-order chi connectivity index (χ0) is 12.4. The number of aromatic nitrogens is 2. The van der Waals surface area contributed by atoms with Gasteiger partial charge in [-0.1, -0.05) is 19.1 Å². The number of H-pyrrole nitrogens is 1. The summed E-state index contributed by atoms with van der Waals surface area (Å²) in [7, 11) is 0. The van der Waals surface area contributed by atoms with Crippen LogP contribution in [0.4, 0.5) is 0 Å². The molecule has 1 aliphatic heterocycles. The van der Waals surface area contributed by atoms with E-state index in [1.807, 2.05) is 0 Å². The van der Waals surface area contributed by atoms with Crippen LogP contribution in [0.1, 0.15) is 37.9 Å². The summed E-state index contributed by atoms with van der Waals surface area (Å²) in [5.74, 6) is 1.76. The average Bonchev–Trinajstić information content (AvgIpc) is 2.83. The number of hydrogen-bond donors (Lipinski definition) is 1. The molecule has 18 heavy (non-hydrogen) atoms. The second-order valence-electron chi connectivity index (χ2n) is 5.28. The molecule has 3 rings (SSSR count). The fourth-order valence-corrected chi connectivity index (χ4v) is 2.96. The van der Waals surface area contributed by atoms with E-state index in [-0.39, 0.29) is 0 Å². The van der Waals surface area contributed by atoms with Crippen molar-refractivity contribution in [3.05, 3.63) is 30.1 Å². The number of hydrogen-bond acceptors (Lipinski definition) is 2. The molecule has 1 saturated heterocycles. The molecule has 0 saturated carbocycles. The van der Waals surface area contributed by atoms with Crippen molar-refractivity contribution in [3.63, 3.8) is 0 Å². The fourth-order valence-electron chi connectivity index (χ4n) is 2.96. The molecule has 1 aromatic heterocycles. The molecular formula is C15H21N3. The summed E-state index contributed by atoms with van der Waals surface area (Å²) in [4.78, 5) is 10.8. The average molecular weight is 243 g/mol. The van der Waals surface area contributed by atoms with Crippen LogP contribution in [0.2, 0.25) is 0 Å². The van der Waals surface area contributed by atoms with Crippen LogP contribution in [0.25, 0.3) is 11.0 Å². The number of benzene rings is 1. The maximum Gasteiger partial charge on any atom is 0.111 e. The highest BCUT2D eigenvalue weighted by molar-refractivity contribution is 5.74. The lowest BCUT2D eigenvalue weighted by molar-refractivity contribution is 0.205. The van der Waals surface area contributed by atoms with Gasteiger partial charge in [0.25, 0.3) is 0 Å². The zero-order valence-corrected chi connectivity index (χ0v) is 11.0. The molecule has 2 aromatic rings. The van der Waals surface area contributed by atoms with Crippen LogP contribution in [0.5, 0.6) is 0 Å². The lowest BCUT2D eigenvalue weighted by Gasteiger charge is -2.31. The van der Waals surface area contributed by atoms with Crippen molar-refractivity contribution in [1.29, 1.82) is 0 Å². The van der Waals surface area contributed by atoms with Crippen LogP contribution in [0.3, 0.4) is 0 Å². The standard InChI is InChI=1S/C15H21N3/c1-2-9-18-10-5-6-12(11-18)15-16-13-7-3-4-8-14(13)17-15/h3-4,7-8,12H,2,5-6,9-11H2,1H3,(H,16,17). The maximum atomic E-state index is 4.75. The number of para-hydroxylation sites is 2. The van der Waals surface area contributed by atoms with Crippen molar-refractivity contribution >= 4 is 11.0 Å². The van der Waals surface area contributed by atoms with E-state index < -0.39 is 0 Å². The normalized spacial score (nSPS) is 21.5. The number of nitrogens with zero attached hydrogens (tertiary/aromatic N) is 2. The Kier molecular flexibility index (Phi) is 3.33. The van der Waals surface area contributed by atoms with Gasteiger partial charge in [-0.25, -0.2) is 4.98 Å². The Morgan fingerprint density at radius 3 is 3.11 bits per heavy atom. The number of piperidine rings is 1. The first-order chi connectivity index (χ1) is 8.86. The Hall–Kier alpha value is -1.35. The molecule has 1 N–H and O–H groups in total. The number of nitrogens with one attached hydrogen (secondary N) is 1. The predicted molar refractivity (Wildman–Crippen MR) is 74.8 cm³/mol. The van der Waals surface area contributed by atoms with Gasteiger partial charge in [-0.3, -0.25) is 0 Å². The maximum absolute atomic E-state index is 4.75. The summed E-state index contributed by atoms with van der Waals surface area (Å²) in [6.07, 6.45) is 3.80. The van der Waals surface area contributed by atoms with E-state index in [9.17, 15) is 0 Å². The van der Waals surface area contributed by atoms with Crippen LogP contribution < -0.4 is 0 Å². The number of imidazole rings is 1. The number of fused-ring (bicyclic) bond motifs is 1. The van der Waals surface area contributed by atoms with Crippen molar-refractivity contribution in [3.8, 4) is 0 Å². The van der Waals surface area contributed by atoms with Gasteiger partial charge >= 0.3 is 0 Å². The van der Waals surface area contributed by atoms with E-state index in [0.29, 0.717) is 5.92 Å². The number of likely N-dealkylation sites (tertiary alicyclic amines) is 1. The monoisotopic (exact) mass is 243 g/mol. The van der Waals surface area contributed by atoms with Gasteiger partial charge < -0.3 is 9.88 Å². The van der Waals surface area contributed by atoms with Gasteiger partial charge in [0.05, 0.1) is 11.0 Å². The van der Waals surface area contributed by atoms with Gasteiger partial charge in [-0.15, -0.1) is 0 Å².